The fraction of sp³-hybridized carbons (Fsp3) is 0.312. The molecule has 2 rings (SSSR count). The summed E-state index contributed by atoms with van der Waals surface area (Å²) in [6, 6.07) is 6.22. The van der Waals surface area contributed by atoms with Crippen molar-refractivity contribution in [2.24, 2.45) is 0 Å². The third-order valence-corrected chi connectivity index (χ3v) is 3.15. The zero-order valence-electron chi connectivity index (χ0n) is 12.8. The summed E-state index contributed by atoms with van der Waals surface area (Å²) in [5, 5.41) is 3.98. The Balaban J connectivity index is 2.50. The fourth-order valence-electron chi connectivity index (χ4n) is 2.04. The van der Waals surface area contributed by atoms with E-state index < -0.39 is 11.4 Å². The average molecular weight is 303 g/mol. The summed E-state index contributed by atoms with van der Waals surface area (Å²) < 4.78 is 20.7. The van der Waals surface area contributed by atoms with Gasteiger partial charge in [-0.15, -0.1) is 0 Å². The third kappa shape index (κ3) is 3.46. The molecular weight excluding hydrogens is 285 g/mol. The Hall–Kier alpha value is -2.34. The number of hydrogen-bond donors (Lipinski definition) is 0. The van der Waals surface area contributed by atoms with Crippen LogP contribution < -0.4 is 0 Å². The summed E-state index contributed by atoms with van der Waals surface area (Å²) in [4.78, 5) is 16.6. The highest BCUT2D eigenvalue weighted by Crippen LogP contribution is 2.22. The summed E-state index contributed by atoms with van der Waals surface area (Å²) in [6.45, 7) is 5.55. The molecule has 6 heteroatoms. The summed E-state index contributed by atoms with van der Waals surface area (Å²) in [6.07, 6.45) is 4.16. The van der Waals surface area contributed by atoms with Crippen molar-refractivity contribution >= 4 is 17.6 Å². The van der Waals surface area contributed by atoms with Gasteiger partial charge >= 0.3 is 0 Å². The summed E-state index contributed by atoms with van der Waals surface area (Å²) in [5.41, 5.74) is -0.549. The number of nitrogens with zero attached hydrogens (tertiary/aromatic N) is 3. The van der Waals surface area contributed by atoms with E-state index in [1.54, 1.807) is 32.0 Å². The van der Waals surface area contributed by atoms with Gasteiger partial charge in [0.15, 0.2) is 0 Å². The van der Waals surface area contributed by atoms with Crippen molar-refractivity contribution in [3.63, 3.8) is 0 Å². The highest BCUT2D eigenvalue weighted by atomic mass is 19.1. The zero-order valence-corrected chi connectivity index (χ0v) is 12.8. The Morgan fingerprint density at radius 1 is 1.41 bits per heavy atom. The fourth-order valence-corrected chi connectivity index (χ4v) is 2.04. The van der Waals surface area contributed by atoms with E-state index in [0.717, 1.165) is 0 Å². The quantitative estimate of drug-likeness (QED) is 0.770. The molecule has 0 fully saturated rings. The molecule has 22 heavy (non-hydrogen) atoms. The Morgan fingerprint density at radius 2 is 2.14 bits per heavy atom. The Labute approximate surface area is 128 Å². The summed E-state index contributed by atoms with van der Waals surface area (Å²) in [5.74, 6) is -0.717. The first-order chi connectivity index (χ1) is 10.5. The highest BCUT2D eigenvalue weighted by molar-refractivity contribution is 6.23. The van der Waals surface area contributed by atoms with Gasteiger partial charge in [-0.05, 0) is 32.9 Å². The van der Waals surface area contributed by atoms with Gasteiger partial charge in [-0.1, -0.05) is 18.2 Å². The van der Waals surface area contributed by atoms with Gasteiger partial charge in [-0.3, -0.25) is 4.79 Å². The summed E-state index contributed by atoms with van der Waals surface area (Å²) >= 11 is 0. The van der Waals surface area contributed by atoms with Crippen LogP contribution >= 0.6 is 0 Å². The monoisotopic (exact) mass is 303 g/mol. The molecule has 116 valence electrons. The van der Waals surface area contributed by atoms with Crippen LogP contribution in [-0.4, -0.2) is 32.8 Å². The standard InChI is InChI=1S/C16H18FN3O2/c1-4-22-16(2,3)15(21)14(20-11-18-10-19-20)9-12-7-5-6-8-13(12)17/h5-11H,4H2,1-3H3/b14-9-. The minimum atomic E-state index is -1.04. The topological polar surface area (TPSA) is 57.0 Å². The van der Waals surface area contributed by atoms with Crippen molar-refractivity contribution < 1.29 is 13.9 Å². The molecule has 0 radical (unpaired) electrons. The molecule has 5 nitrogen and oxygen atoms in total. The van der Waals surface area contributed by atoms with E-state index in [4.69, 9.17) is 4.74 Å². The van der Waals surface area contributed by atoms with Crippen LogP contribution in [0.1, 0.15) is 26.3 Å². The molecule has 0 unspecified atom stereocenters. The first kappa shape index (κ1) is 16.0. The molecule has 0 atom stereocenters. The number of ether oxygens (including phenoxy) is 1. The lowest BCUT2D eigenvalue weighted by atomic mass is 9.99. The van der Waals surface area contributed by atoms with Crippen LogP contribution in [0.15, 0.2) is 36.9 Å². The van der Waals surface area contributed by atoms with Crippen molar-refractivity contribution in [1.29, 1.82) is 0 Å². The molecule has 2 aromatic rings. The third-order valence-electron chi connectivity index (χ3n) is 3.15. The lowest BCUT2D eigenvalue weighted by molar-refractivity contribution is -0.133. The maximum Gasteiger partial charge on any atom is 0.212 e. The van der Waals surface area contributed by atoms with Crippen LogP contribution in [0.2, 0.25) is 0 Å². The normalized spacial score (nSPS) is 12.5. The Morgan fingerprint density at radius 3 is 2.73 bits per heavy atom. The molecule has 0 N–H and O–H groups in total. The average Bonchev–Trinajstić information content (AvgIpc) is 2.99. The highest BCUT2D eigenvalue weighted by Gasteiger charge is 2.32. The molecule has 1 aromatic heterocycles. The van der Waals surface area contributed by atoms with Gasteiger partial charge < -0.3 is 4.74 Å². The van der Waals surface area contributed by atoms with Crippen LogP contribution in [0.25, 0.3) is 11.8 Å². The van der Waals surface area contributed by atoms with Gasteiger partial charge in [-0.25, -0.2) is 14.1 Å². The Kier molecular flexibility index (Phi) is 4.82. The number of carbonyl (C=O) groups excluding carboxylic acids is 1. The SMILES string of the molecule is CCOC(C)(C)C(=O)/C(=C/c1ccccc1F)n1cncn1. The van der Waals surface area contributed by atoms with Gasteiger partial charge in [-0.2, -0.15) is 5.10 Å². The van der Waals surface area contributed by atoms with Crippen LogP contribution in [0.5, 0.6) is 0 Å². The molecule has 0 aliphatic rings. The molecule has 0 spiro atoms. The maximum atomic E-state index is 13.9. The minimum absolute atomic E-state index is 0.195. The van der Waals surface area contributed by atoms with E-state index in [9.17, 15) is 9.18 Å². The van der Waals surface area contributed by atoms with Gasteiger partial charge in [0, 0.05) is 12.2 Å². The van der Waals surface area contributed by atoms with Gasteiger partial charge in [0.1, 0.15) is 29.8 Å². The number of halogens is 1. The van der Waals surface area contributed by atoms with Crippen LogP contribution in [0.3, 0.4) is 0 Å². The van der Waals surface area contributed by atoms with Crippen LogP contribution in [0.4, 0.5) is 4.39 Å². The molecule has 0 amide bonds. The van der Waals surface area contributed by atoms with Crippen molar-refractivity contribution in [3.8, 4) is 0 Å². The van der Waals surface area contributed by atoms with E-state index in [2.05, 4.69) is 10.1 Å². The summed E-state index contributed by atoms with van der Waals surface area (Å²) in [7, 11) is 0. The molecule has 0 saturated carbocycles. The van der Waals surface area contributed by atoms with E-state index in [1.807, 2.05) is 6.92 Å². The van der Waals surface area contributed by atoms with Crippen molar-refractivity contribution in [2.45, 2.75) is 26.4 Å². The first-order valence-corrected chi connectivity index (χ1v) is 6.95. The predicted octanol–water partition coefficient (Wildman–Crippen LogP) is 2.80. The number of ketones is 1. The molecule has 0 saturated heterocycles. The number of rotatable bonds is 6. The van der Waals surface area contributed by atoms with Gasteiger partial charge in [0.2, 0.25) is 5.78 Å². The number of aromatic nitrogens is 3. The molecule has 1 heterocycles. The van der Waals surface area contributed by atoms with Crippen LogP contribution in [-0.2, 0) is 9.53 Å². The van der Waals surface area contributed by atoms with E-state index in [0.29, 0.717) is 12.2 Å². The zero-order chi connectivity index (χ0) is 16.2. The van der Waals surface area contributed by atoms with Crippen molar-refractivity contribution in [2.75, 3.05) is 6.61 Å². The number of Topliss-reactive ketones (excluding diaryl/α,β-unsaturated/α-hetero) is 1. The molecule has 0 aliphatic heterocycles. The first-order valence-electron chi connectivity index (χ1n) is 6.95. The van der Waals surface area contributed by atoms with E-state index in [-0.39, 0.29) is 11.5 Å². The maximum absolute atomic E-state index is 13.9. The van der Waals surface area contributed by atoms with E-state index in [1.165, 1.54) is 29.5 Å². The van der Waals surface area contributed by atoms with Crippen LogP contribution in [0, 0.1) is 5.82 Å². The molecular formula is C16H18FN3O2. The number of benzene rings is 1. The second-order valence-corrected chi connectivity index (χ2v) is 5.16. The lowest BCUT2D eigenvalue weighted by Crippen LogP contribution is -2.37. The lowest BCUT2D eigenvalue weighted by Gasteiger charge is -2.24. The van der Waals surface area contributed by atoms with Gasteiger partial charge in [0.05, 0.1) is 0 Å². The smallest absolute Gasteiger partial charge is 0.212 e. The molecule has 0 bridgehead atoms. The van der Waals surface area contributed by atoms with Crippen molar-refractivity contribution in [3.05, 3.63) is 48.3 Å². The van der Waals surface area contributed by atoms with E-state index >= 15 is 0 Å². The second-order valence-electron chi connectivity index (χ2n) is 5.16. The molecule has 0 aliphatic carbocycles. The minimum Gasteiger partial charge on any atom is -0.368 e. The predicted molar refractivity (Wildman–Crippen MR) is 81.3 cm³/mol. The largest absolute Gasteiger partial charge is 0.368 e. The van der Waals surface area contributed by atoms with Crippen molar-refractivity contribution in [1.82, 2.24) is 14.8 Å². The second kappa shape index (κ2) is 6.62. The number of hydrogen-bond acceptors (Lipinski definition) is 4. The molecule has 1 aromatic carbocycles. The van der Waals surface area contributed by atoms with Gasteiger partial charge in [0.25, 0.3) is 0 Å². The number of carbonyl (C=O) groups is 1. The Bertz CT molecular complexity index is 678.